The highest BCUT2D eigenvalue weighted by atomic mass is 28.2. The average molecular weight is 684 g/mol. The van der Waals surface area contributed by atoms with Gasteiger partial charge in [0.2, 0.25) is 0 Å². The predicted octanol–water partition coefficient (Wildman–Crippen LogP) is 4.24. The van der Waals surface area contributed by atoms with Crippen molar-refractivity contribution >= 4 is 32.4 Å². The SMILES string of the molecule is CCCCN(CCCC)C(=O)c1cc(C)n(-c2ccc(N[SiH2]c3ccccc3C(=O)OC)cc2C(O)N2Cc3ccccc3CC2CO)n1. The van der Waals surface area contributed by atoms with E-state index in [-0.39, 0.29) is 24.5 Å². The molecule has 0 saturated heterocycles. The first-order valence-electron chi connectivity index (χ1n) is 17.3. The largest absolute Gasteiger partial charge is 0.465 e. The standard InChI is InChI=1S/C38H49N5O5Si/c1-5-7-19-41(20-8-6-2)37(46)33-21-26(3)43(39-33)34-18-17-29(40-49-35-16-12-11-15-31(35)38(47)48-4)23-32(34)36(45)42-24-28-14-10-9-13-27(28)22-30(42)25-44/h9-18,21,23,30,36,40,44-45H,5-8,19-20,22,24-25,49H2,1-4H3. The van der Waals surface area contributed by atoms with E-state index in [1.165, 1.54) is 7.11 Å². The van der Waals surface area contributed by atoms with Crippen LogP contribution in [0.4, 0.5) is 5.69 Å². The maximum absolute atomic E-state index is 13.7. The highest BCUT2D eigenvalue weighted by molar-refractivity contribution is 6.58. The van der Waals surface area contributed by atoms with Gasteiger partial charge in [0.15, 0.2) is 15.4 Å². The fourth-order valence-electron chi connectivity index (χ4n) is 6.48. The van der Waals surface area contributed by atoms with Crippen LogP contribution in [0.25, 0.3) is 5.69 Å². The van der Waals surface area contributed by atoms with Gasteiger partial charge in [-0.1, -0.05) is 69.2 Å². The lowest BCUT2D eigenvalue weighted by Crippen LogP contribution is -2.45. The molecule has 1 aliphatic rings. The molecule has 10 nitrogen and oxygen atoms in total. The Kier molecular flexibility index (Phi) is 12.4. The Labute approximate surface area is 291 Å². The van der Waals surface area contributed by atoms with Crippen molar-refractivity contribution in [2.24, 2.45) is 0 Å². The summed E-state index contributed by atoms with van der Waals surface area (Å²) in [5.41, 5.74) is 5.98. The average Bonchev–Trinajstić information content (AvgIpc) is 3.53. The van der Waals surface area contributed by atoms with Crippen molar-refractivity contribution in [1.82, 2.24) is 19.6 Å². The van der Waals surface area contributed by atoms with E-state index in [4.69, 9.17) is 9.84 Å². The lowest BCUT2D eigenvalue weighted by molar-refractivity contribution is -0.0529. The third kappa shape index (κ3) is 8.30. The van der Waals surface area contributed by atoms with Crippen LogP contribution in [0.3, 0.4) is 0 Å². The molecule has 0 aliphatic carbocycles. The molecule has 1 amide bonds. The van der Waals surface area contributed by atoms with E-state index < -0.39 is 15.9 Å². The van der Waals surface area contributed by atoms with Crippen LogP contribution in [0.5, 0.6) is 0 Å². The van der Waals surface area contributed by atoms with E-state index >= 15 is 0 Å². The second kappa shape index (κ2) is 16.9. The summed E-state index contributed by atoms with van der Waals surface area (Å²) in [5, 5.41) is 28.4. The Hall–Kier alpha value is -4.29. The number of aryl methyl sites for hydroxylation is 1. The molecule has 0 bridgehead atoms. The van der Waals surface area contributed by atoms with Crippen LogP contribution in [-0.4, -0.2) is 84.2 Å². The summed E-state index contributed by atoms with van der Waals surface area (Å²) in [6.45, 7) is 7.89. The quantitative estimate of drug-likeness (QED) is 0.126. The normalized spacial score (nSPS) is 15.3. The van der Waals surface area contributed by atoms with Gasteiger partial charge >= 0.3 is 5.97 Å². The van der Waals surface area contributed by atoms with Crippen LogP contribution in [0.15, 0.2) is 72.8 Å². The molecule has 2 atom stereocenters. The molecule has 3 aromatic carbocycles. The molecule has 0 saturated carbocycles. The molecule has 1 aromatic heterocycles. The van der Waals surface area contributed by atoms with Crippen molar-refractivity contribution in [3.8, 4) is 5.69 Å². The first kappa shape index (κ1) is 36.0. The summed E-state index contributed by atoms with van der Waals surface area (Å²) in [4.78, 5) is 33.5. The number of hydrogen-bond donors (Lipinski definition) is 3. The highest BCUT2D eigenvalue weighted by Crippen LogP contribution is 2.34. The molecule has 260 valence electrons. The van der Waals surface area contributed by atoms with Gasteiger partial charge in [-0.3, -0.25) is 9.69 Å². The van der Waals surface area contributed by atoms with E-state index in [0.29, 0.717) is 48.6 Å². The van der Waals surface area contributed by atoms with Crippen LogP contribution in [0.1, 0.15) is 89.0 Å². The maximum atomic E-state index is 13.7. The Morgan fingerprint density at radius 2 is 1.71 bits per heavy atom. The number of aliphatic hydroxyl groups is 2. The van der Waals surface area contributed by atoms with Gasteiger partial charge in [-0.05, 0) is 72.8 Å². The van der Waals surface area contributed by atoms with Crippen molar-refractivity contribution in [3.05, 3.63) is 106 Å². The number of nitrogens with zero attached hydrogens (tertiary/aromatic N) is 4. The van der Waals surface area contributed by atoms with Crippen LogP contribution >= 0.6 is 0 Å². The van der Waals surface area contributed by atoms with Gasteiger partial charge in [-0.25, -0.2) is 9.48 Å². The van der Waals surface area contributed by atoms with Gasteiger partial charge in [-0.2, -0.15) is 5.10 Å². The third-order valence-electron chi connectivity index (χ3n) is 9.32. The summed E-state index contributed by atoms with van der Waals surface area (Å²) in [6.07, 6.45) is 3.38. The number of carbonyl (C=O) groups is 2. The van der Waals surface area contributed by atoms with Crippen LogP contribution in [0, 0.1) is 6.92 Å². The summed E-state index contributed by atoms with van der Waals surface area (Å²) < 4.78 is 6.74. The summed E-state index contributed by atoms with van der Waals surface area (Å²) in [5.74, 6) is -0.466. The molecule has 4 aromatic rings. The fourth-order valence-corrected chi connectivity index (χ4v) is 7.81. The summed E-state index contributed by atoms with van der Waals surface area (Å²) in [6, 6.07) is 22.8. The van der Waals surface area contributed by atoms with Gasteiger partial charge in [0, 0.05) is 42.6 Å². The lowest BCUT2D eigenvalue weighted by atomic mass is 9.93. The second-order valence-electron chi connectivity index (χ2n) is 12.7. The third-order valence-corrected chi connectivity index (χ3v) is 10.9. The van der Waals surface area contributed by atoms with Crippen molar-refractivity contribution in [2.75, 3.05) is 31.8 Å². The van der Waals surface area contributed by atoms with Crippen molar-refractivity contribution in [2.45, 2.75) is 71.7 Å². The summed E-state index contributed by atoms with van der Waals surface area (Å²) in [7, 11) is 0.198. The molecule has 0 radical (unpaired) electrons. The topological polar surface area (TPSA) is 120 Å². The molecule has 0 fully saturated rings. The molecule has 1 aliphatic heterocycles. The number of rotatable bonds is 15. The van der Waals surface area contributed by atoms with Gasteiger partial charge in [0.05, 0.1) is 25.0 Å². The predicted molar refractivity (Wildman–Crippen MR) is 195 cm³/mol. The molecular formula is C38H49N5O5Si. The fraction of sp³-hybridized carbons (Fsp3) is 0.395. The van der Waals surface area contributed by atoms with Crippen molar-refractivity contribution < 1.29 is 24.5 Å². The maximum Gasteiger partial charge on any atom is 0.337 e. The molecule has 2 heterocycles. The lowest BCUT2D eigenvalue weighted by Gasteiger charge is -2.39. The van der Waals surface area contributed by atoms with Gasteiger partial charge in [0.25, 0.3) is 5.91 Å². The number of hydrogen-bond acceptors (Lipinski definition) is 8. The molecule has 5 rings (SSSR count). The monoisotopic (exact) mass is 683 g/mol. The Balaban J connectivity index is 1.52. The van der Waals surface area contributed by atoms with Gasteiger partial charge in [-0.15, -0.1) is 0 Å². The van der Waals surface area contributed by atoms with Gasteiger partial charge < -0.3 is 24.8 Å². The molecule has 3 N–H and O–H groups in total. The number of fused-ring (bicyclic) bond motifs is 1. The van der Waals surface area contributed by atoms with Crippen molar-refractivity contribution in [3.63, 3.8) is 0 Å². The molecule has 2 unspecified atom stereocenters. The first-order chi connectivity index (χ1) is 23.8. The number of aliphatic hydroxyl groups excluding tert-OH is 2. The molecule has 0 spiro atoms. The second-order valence-corrected chi connectivity index (χ2v) is 14.2. The zero-order chi connectivity index (χ0) is 34.9. The number of benzene rings is 3. The minimum Gasteiger partial charge on any atom is -0.465 e. The minimum atomic E-state index is -1.18. The number of nitrogens with one attached hydrogen (secondary N) is 1. The van der Waals surface area contributed by atoms with E-state index in [9.17, 15) is 19.8 Å². The van der Waals surface area contributed by atoms with Gasteiger partial charge in [0.1, 0.15) is 6.23 Å². The van der Waals surface area contributed by atoms with Crippen LogP contribution in [0.2, 0.25) is 0 Å². The Bertz CT molecular complexity index is 1740. The smallest absolute Gasteiger partial charge is 0.337 e. The molecule has 11 heteroatoms. The number of esters is 1. The minimum absolute atomic E-state index is 0.0904. The first-order valence-corrected chi connectivity index (χ1v) is 18.7. The zero-order valence-electron chi connectivity index (χ0n) is 29.1. The number of aromatic nitrogens is 2. The van der Waals surface area contributed by atoms with E-state index in [2.05, 4.69) is 31.0 Å². The Morgan fingerprint density at radius 1 is 1.02 bits per heavy atom. The van der Waals surface area contributed by atoms with Crippen LogP contribution < -0.4 is 10.2 Å². The number of unbranched alkanes of at least 4 members (excludes halogenated alkanes) is 2. The number of methoxy groups -OCH3 is 1. The number of ether oxygens (including phenoxy) is 1. The number of carbonyl (C=O) groups excluding carboxylic acids is 2. The number of amides is 1. The Morgan fingerprint density at radius 3 is 2.41 bits per heavy atom. The van der Waals surface area contributed by atoms with Crippen LogP contribution in [-0.2, 0) is 17.7 Å². The van der Waals surface area contributed by atoms with Crippen molar-refractivity contribution in [1.29, 1.82) is 0 Å². The zero-order valence-corrected chi connectivity index (χ0v) is 30.5. The summed E-state index contributed by atoms with van der Waals surface area (Å²) >= 11 is 0. The number of anilines is 1. The highest BCUT2D eigenvalue weighted by Gasteiger charge is 2.33. The van der Waals surface area contributed by atoms with E-state index in [1.807, 2.05) is 71.3 Å². The van der Waals surface area contributed by atoms with E-state index in [1.54, 1.807) is 10.7 Å². The van der Waals surface area contributed by atoms with E-state index in [0.717, 1.165) is 53.4 Å². The molecular weight excluding hydrogens is 635 g/mol. The molecule has 49 heavy (non-hydrogen) atoms.